The monoisotopic (exact) mass is 244 g/mol. The molecule has 3 nitrogen and oxygen atoms in total. The van der Waals surface area contributed by atoms with Crippen LogP contribution in [0.15, 0.2) is 27.6 Å². The van der Waals surface area contributed by atoms with Crippen molar-refractivity contribution in [2.24, 2.45) is 0 Å². The number of urea groups is 1. The number of fused-ring (bicyclic) bond motifs is 1. The average Bonchev–Trinajstić information content (AvgIpc) is 2.04. The normalized spacial score (nSPS) is 14.6. The van der Waals surface area contributed by atoms with E-state index < -0.39 is 0 Å². The number of nitrogens with one attached hydrogen (secondary N) is 2. The van der Waals surface area contributed by atoms with E-state index in [4.69, 9.17) is 0 Å². The quantitative estimate of drug-likeness (QED) is 0.690. The van der Waals surface area contributed by atoms with Gasteiger partial charge in [-0.2, -0.15) is 0 Å². The maximum Gasteiger partial charge on any atom is 0.329 e. The van der Waals surface area contributed by atoms with Crippen LogP contribution in [0, 0.1) is 0 Å². The minimum atomic E-state index is -0.175. The first kappa shape index (κ1) is 7.94. The number of hydrogen-bond acceptors (Lipinski definition) is 2. The molecule has 0 aromatic heterocycles. The van der Waals surface area contributed by atoms with Gasteiger partial charge in [-0.05, 0) is 40.0 Å². The minimum absolute atomic E-state index is 0.175. The Bertz CT molecular complexity index is 342. The van der Waals surface area contributed by atoms with Gasteiger partial charge in [0.1, 0.15) is 0 Å². The van der Waals surface area contributed by atoms with Crippen LogP contribution < -0.4 is 10.0 Å². The van der Waals surface area contributed by atoms with E-state index in [0.717, 1.165) is 15.1 Å². The number of carbonyl (C=O) groups is 1. The van der Waals surface area contributed by atoms with Crippen molar-refractivity contribution in [3.05, 3.63) is 22.7 Å². The molecule has 0 saturated heterocycles. The molecule has 62 valence electrons. The topological polar surface area (TPSA) is 41.1 Å². The lowest BCUT2D eigenvalue weighted by Crippen LogP contribution is -2.26. The summed E-state index contributed by atoms with van der Waals surface area (Å²) in [6.45, 7) is 0. The van der Waals surface area contributed by atoms with Gasteiger partial charge in [-0.1, -0.05) is 6.07 Å². The molecule has 0 saturated carbocycles. The van der Waals surface area contributed by atoms with Gasteiger partial charge < -0.3 is 5.32 Å². The molecule has 0 atom stereocenters. The molecule has 0 spiro atoms. The molecule has 1 aromatic rings. The molecule has 1 aliphatic rings. The highest BCUT2D eigenvalue weighted by molar-refractivity contribution is 9.10. The third-order valence-electron chi connectivity index (χ3n) is 1.46. The molecule has 0 fully saturated rings. The maximum absolute atomic E-state index is 10.9. The Morgan fingerprint density at radius 1 is 1.42 bits per heavy atom. The standard InChI is InChI=1S/C7H5BrN2OS/c8-4-2-1-3-5-6(4)12-10-7(11)9-5/h1-3H,(H2,9,10,11). The maximum atomic E-state index is 10.9. The molecule has 2 amide bonds. The van der Waals surface area contributed by atoms with E-state index in [-0.39, 0.29) is 6.03 Å². The predicted octanol–water partition coefficient (Wildman–Crippen LogP) is 2.59. The van der Waals surface area contributed by atoms with Crippen LogP contribution in [0.5, 0.6) is 0 Å². The van der Waals surface area contributed by atoms with Gasteiger partial charge >= 0.3 is 6.03 Å². The Balaban J connectivity index is 2.48. The van der Waals surface area contributed by atoms with Crippen molar-refractivity contribution in [1.29, 1.82) is 0 Å². The van der Waals surface area contributed by atoms with Crippen LogP contribution in [-0.4, -0.2) is 6.03 Å². The number of carbonyl (C=O) groups excluding carboxylic acids is 1. The zero-order chi connectivity index (χ0) is 8.55. The van der Waals surface area contributed by atoms with E-state index in [2.05, 4.69) is 26.0 Å². The van der Waals surface area contributed by atoms with E-state index in [1.165, 1.54) is 11.9 Å². The summed E-state index contributed by atoms with van der Waals surface area (Å²) in [4.78, 5) is 11.9. The number of anilines is 1. The van der Waals surface area contributed by atoms with Crippen molar-refractivity contribution in [2.45, 2.75) is 4.90 Å². The molecule has 5 heteroatoms. The van der Waals surface area contributed by atoms with Gasteiger partial charge in [-0.25, -0.2) is 4.79 Å². The summed E-state index contributed by atoms with van der Waals surface area (Å²) in [6, 6.07) is 5.51. The van der Waals surface area contributed by atoms with Crippen molar-refractivity contribution in [3.63, 3.8) is 0 Å². The second-order valence-electron chi connectivity index (χ2n) is 2.27. The number of benzene rings is 1. The Kier molecular flexibility index (Phi) is 1.98. The summed E-state index contributed by atoms with van der Waals surface area (Å²) < 4.78 is 3.60. The van der Waals surface area contributed by atoms with E-state index >= 15 is 0 Å². The molecule has 0 aliphatic carbocycles. The summed E-state index contributed by atoms with van der Waals surface area (Å²) in [5.74, 6) is 0. The first-order valence-corrected chi connectivity index (χ1v) is 4.90. The number of amides is 2. The summed E-state index contributed by atoms with van der Waals surface area (Å²) in [7, 11) is 0. The molecule has 2 rings (SSSR count). The Hall–Kier alpha value is -0.680. The van der Waals surface area contributed by atoms with Crippen LogP contribution in [0.2, 0.25) is 0 Å². The summed E-state index contributed by atoms with van der Waals surface area (Å²) >= 11 is 4.70. The molecule has 1 aliphatic heterocycles. The molecule has 0 radical (unpaired) electrons. The second kappa shape index (κ2) is 2.99. The largest absolute Gasteiger partial charge is 0.329 e. The predicted molar refractivity (Wildman–Crippen MR) is 52.2 cm³/mol. The molecular formula is C7H5BrN2OS. The third kappa shape index (κ3) is 1.30. The van der Waals surface area contributed by atoms with Crippen LogP contribution in [0.25, 0.3) is 0 Å². The van der Waals surface area contributed by atoms with E-state index in [9.17, 15) is 4.79 Å². The Morgan fingerprint density at radius 3 is 3.08 bits per heavy atom. The van der Waals surface area contributed by atoms with Crippen molar-refractivity contribution >= 4 is 39.6 Å². The molecule has 2 N–H and O–H groups in total. The summed E-state index contributed by atoms with van der Waals surface area (Å²) in [6.07, 6.45) is 0. The van der Waals surface area contributed by atoms with Crippen LogP contribution >= 0.6 is 27.9 Å². The highest BCUT2D eigenvalue weighted by Gasteiger charge is 2.16. The zero-order valence-corrected chi connectivity index (χ0v) is 8.33. The van der Waals surface area contributed by atoms with Crippen LogP contribution in [0.1, 0.15) is 0 Å². The van der Waals surface area contributed by atoms with E-state index in [1.807, 2.05) is 18.2 Å². The van der Waals surface area contributed by atoms with Gasteiger partial charge in [0.2, 0.25) is 0 Å². The van der Waals surface area contributed by atoms with Gasteiger partial charge in [0.15, 0.2) is 0 Å². The Labute approximate surface area is 82.2 Å². The molecule has 1 heterocycles. The van der Waals surface area contributed by atoms with Gasteiger partial charge in [0.25, 0.3) is 0 Å². The second-order valence-corrected chi connectivity index (χ2v) is 3.95. The first-order valence-electron chi connectivity index (χ1n) is 3.30. The number of rotatable bonds is 0. The van der Waals surface area contributed by atoms with Crippen molar-refractivity contribution < 1.29 is 4.79 Å². The first-order chi connectivity index (χ1) is 5.77. The van der Waals surface area contributed by atoms with Crippen LogP contribution in [0.4, 0.5) is 10.5 Å². The summed E-state index contributed by atoms with van der Waals surface area (Å²) in [5, 5.41) is 2.70. The Morgan fingerprint density at radius 2 is 2.25 bits per heavy atom. The zero-order valence-electron chi connectivity index (χ0n) is 5.93. The highest BCUT2D eigenvalue weighted by Crippen LogP contribution is 2.34. The summed E-state index contributed by atoms with van der Waals surface area (Å²) in [5.41, 5.74) is 0.845. The molecule has 0 unspecified atom stereocenters. The molecular weight excluding hydrogens is 240 g/mol. The fourth-order valence-electron chi connectivity index (χ4n) is 0.956. The lowest BCUT2D eigenvalue weighted by atomic mass is 10.3. The average molecular weight is 245 g/mol. The van der Waals surface area contributed by atoms with Crippen molar-refractivity contribution in [2.75, 3.05) is 5.32 Å². The fraction of sp³-hybridized carbons (Fsp3) is 0. The smallest absolute Gasteiger partial charge is 0.306 e. The van der Waals surface area contributed by atoms with Gasteiger partial charge in [-0.15, -0.1) is 0 Å². The van der Waals surface area contributed by atoms with Crippen molar-refractivity contribution in [1.82, 2.24) is 4.72 Å². The van der Waals surface area contributed by atoms with Gasteiger partial charge in [0.05, 0.1) is 10.6 Å². The highest BCUT2D eigenvalue weighted by atomic mass is 79.9. The molecule has 1 aromatic carbocycles. The minimum Gasteiger partial charge on any atom is -0.306 e. The third-order valence-corrected chi connectivity index (χ3v) is 3.32. The number of halogens is 1. The van der Waals surface area contributed by atoms with E-state index in [1.54, 1.807) is 0 Å². The fourth-order valence-corrected chi connectivity index (χ4v) is 2.21. The van der Waals surface area contributed by atoms with Crippen LogP contribution in [-0.2, 0) is 0 Å². The lowest BCUT2D eigenvalue weighted by Gasteiger charge is -2.17. The van der Waals surface area contributed by atoms with Crippen LogP contribution in [0.3, 0.4) is 0 Å². The molecule has 0 bridgehead atoms. The van der Waals surface area contributed by atoms with E-state index in [0.29, 0.717) is 0 Å². The van der Waals surface area contributed by atoms with Gasteiger partial charge in [-0.3, -0.25) is 4.72 Å². The SMILES string of the molecule is O=C1NSc2c(Br)cccc2N1. The molecule has 12 heavy (non-hydrogen) atoms. The lowest BCUT2D eigenvalue weighted by molar-refractivity contribution is 0.257. The number of hydrogen-bond donors (Lipinski definition) is 2. The van der Waals surface area contributed by atoms with Gasteiger partial charge in [0, 0.05) is 4.47 Å². The van der Waals surface area contributed by atoms with Crippen molar-refractivity contribution in [3.8, 4) is 0 Å².